The Hall–Kier alpha value is -1.02. The number of halogens is 1. The average Bonchev–Trinajstić information content (AvgIpc) is 2.58. The third kappa shape index (κ3) is 1.43. The van der Waals surface area contributed by atoms with Gasteiger partial charge in [0, 0.05) is 11.4 Å². The largest absolute Gasteiger partial charge is 0.388 e. The highest BCUT2D eigenvalue weighted by Crippen LogP contribution is 2.15. The summed E-state index contributed by atoms with van der Waals surface area (Å²) in [7, 11) is 0. The first-order valence-corrected chi connectivity index (χ1v) is 4.04. The van der Waals surface area contributed by atoms with Gasteiger partial charge in [-0.05, 0) is 17.7 Å². The van der Waals surface area contributed by atoms with Crippen molar-refractivity contribution in [3.8, 4) is 0 Å². The molecule has 0 saturated carbocycles. The third-order valence-corrected chi connectivity index (χ3v) is 1.94. The van der Waals surface area contributed by atoms with E-state index in [2.05, 4.69) is 5.16 Å². The van der Waals surface area contributed by atoms with Crippen LogP contribution in [0.15, 0.2) is 29.4 Å². The molecule has 1 aromatic carbocycles. The quantitative estimate of drug-likeness (QED) is 0.651. The van der Waals surface area contributed by atoms with Gasteiger partial charge < -0.3 is 4.84 Å². The standard InChI is InChI=1S/C9H7ClNO/c10-8-3-1-7(2-4-8)9-5-6-12-11-9/h1-4,6H,5H2. The van der Waals surface area contributed by atoms with Crippen molar-refractivity contribution in [2.45, 2.75) is 6.42 Å². The van der Waals surface area contributed by atoms with E-state index in [4.69, 9.17) is 16.4 Å². The van der Waals surface area contributed by atoms with Gasteiger partial charge in [-0.3, -0.25) is 0 Å². The Balaban J connectivity index is 2.28. The Bertz CT molecular complexity index is 305. The molecule has 0 aliphatic carbocycles. The van der Waals surface area contributed by atoms with Gasteiger partial charge in [0.15, 0.2) is 6.61 Å². The zero-order chi connectivity index (χ0) is 8.39. The van der Waals surface area contributed by atoms with Crippen LogP contribution in [0.25, 0.3) is 0 Å². The smallest absolute Gasteiger partial charge is 0.172 e. The van der Waals surface area contributed by atoms with Gasteiger partial charge in [-0.25, -0.2) is 0 Å². The lowest BCUT2D eigenvalue weighted by Gasteiger charge is -1.96. The molecule has 2 nitrogen and oxygen atoms in total. The van der Waals surface area contributed by atoms with Crippen LogP contribution in [0.2, 0.25) is 5.02 Å². The summed E-state index contributed by atoms with van der Waals surface area (Å²) >= 11 is 5.74. The maximum atomic E-state index is 5.74. The summed E-state index contributed by atoms with van der Waals surface area (Å²) in [5.41, 5.74) is 2.01. The van der Waals surface area contributed by atoms with Gasteiger partial charge >= 0.3 is 0 Å². The average molecular weight is 181 g/mol. The summed E-state index contributed by atoms with van der Waals surface area (Å²) in [5, 5.41) is 4.59. The molecule has 1 heterocycles. The van der Waals surface area contributed by atoms with Crippen LogP contribution in [-0.4, -0.2) is 5.71 Å². The first kappa shape index (κ1) is 7.62. The summed E-state index contributed by atoms with van der Waals surface area (Å²) in [6.45, 7) is 1.67. The van der Waals surface area contributed by atoms with Crippen molar-refractivity contribution in [1.29, 1.82) is 0 Å². The molecule has 0 amide bonds. The molecule has 12 heavy (non-hydrogen) atoms. The number of rotatable bonds is 1. The van der Waals surface area contributed by atoms with Gasteiger partial charge in [0.25, 0.3) is 0 Å². The molecule has 0 N–H and O–H groups in total. The second-order valence-corrected chi connectivity index (χ2v) is 2.96. The summed E-state index contributed by atoms with van der Waals surface area (Å²) in [5.74, 6) is 0. The molecular weight excluding hydrogens is 174 g/mol. The molecule has 0 atom stereocenters. The lowest BCUT2D eigenvalue weighted by Crippen LogP contribution is -1.94. The van der Waals surface area contributed by atoms with Crippen molar-refractivity contribution in [2.24, 2.45) is 5.16 Å². The van der Waals surface area contributed by atoms with Gasteiger partial charge in [0.2, 0.25) is 0 Å². The Kier molecular flexibility index (Phi) is 2.00. The summed E-state index contributed by atoms with van der Waals surface area (Å²) in [4.78, 5) is 4.77. The molecule has 1 radical (unpaired) electrons. The highest BCUT2D eigenvalue weighted by Gasteiger charge is 2.10. The second kappa shape index (κ2) is 3.15. The van der Waals surface area contributed by atoms with E-state index in [-0.39, 0.29) is 0 Å². The van der Waals surface area contributed by atoms with Gasteiger partial charge in [-0.1, -0.05) is 28.9 Å². The fourth-order valence-electron chi connectivity index (χ4n) is 1.07. The Labute approximate surface area is 75.8 Å². The van der Waals surface area contributed by atoms with Gasteiger partial charge in [-0.15, -0.1) is 0 Å². The van der Waals surface area contributed by atoms with Crippen LogP contribution in [0.3, 0.4) is 0 Å². The fraction of sp³-hybridized carbons (Fsp3) is 0.111. The van der Waals surface area contributed by atoms with Gasteiger partial charge in [0.1, 0.15) is 0 Å². The lowest BCUT2D eigenvalue weighted by atomic mass is 10.1. The first-order valence-electron chi connectivity index (χ1n) is 3.66. The van der Waals surface area contributed by atoms with Crippen molar-refractivity contribution < 1.29 is 4.84 Å². The van der Waals surface area contributed by atoms with E-state index in [1.54, 1.807) is 6.61 Å². The molecule has 1 aromatic rings. The van der Waals surface area contributed by atoms with Gasteiger partial charge in [0.05, 0.1) is 5.71 Å². The predicted octanol–water partition coefficient (Wildman–Crippen LogP) is 2.63. The monoisotopic (exact) mass is 180 g/mol. The van der Waals surface area contributed by atoms with Crippen molar-refractivity contribution in [2.75, 3.05) is 0 Å². The maximum absolute atomic E-state index is 5.74. The normalized spacial score (nSPS) is 15.6. The van der Waals surface area contributed by atoms with Crippen molar-refractivity contribution in [1.82, 2.24) is 0 Å². The van der Waals surface area contributed by atoms with E-state index in [9.17, 15) is 0 Å². The fourth-order valence-corrected chi connectivity index (χ4v) is 1.19. The zero-order valence-corrected chi connectivity index (χ0v) is 7.08. The number of oxime groups is 1. The molecule has 0 spiro atoms. The van der Waals surface area contributed by atoms with Crippen LogP contribution in [-0.2, 0) is 4.84 Å². The van der Waals surface area contributed by atoms with Crippen molar-refractivity contribution in [3.05, 3.63) is 41.5 Å². The SMILES string of the molecule is Clc1ccc(C2=NO[CH]C2)cc1. The third-order valence-electron chi connectivity index (χ3n) is 1.69. The van der Waals surface area contributed by atoms with Crippen LogP contribution in [0, 0.1) is 6.61 Å². The van der Waals surface area contributed by atoms with Gasteiger partial charge in [-0.2, -0.15) is 0 Å². The van der Waals surface area contributed by atoms with E-state index in [1.807, 2.05) is 24.3 Å². The Morgan fingerprint density at radius 2 is 2.00 bits per heavy atom. The highest BCUT2D eigenvalue weighted by atomic mass is 35.5. The predicted molar refractivity (Wildman–Crippen MR) is 48.0 cm³/mol. The highest BCUT2D eigenvalue weighted by molar-refractivity contribution is 6.30. The number of hydrogen-bond donors (Lipinski definition) is 0. The molecule has 1 aliphatic rings. The van der Waals surface area contributed by atoms with E-state index in [1.165, 1.54) is 0 Å². The molecule has 2 rings (SSSR count). The topological polar surface area (TPSA) is 21.6 Å². The molecule has 0 bridgehead atoms. The van der Waals surface area contributed by atoms with E-state index >= 15 is 0 Å². The van der Waals surface area contributed by atoms with Crippen molar-refractivity contribution in [3.63, 3.8) is 0 Å². The Morgan fingerprint density at radius 3 is 2.58 bits per heavy atom. The minimum atomic E-state index is 0.738. The molecule has 0 saturated heterocycles. The molecule has 0 fully saturated rings. The van der Waals surface area contributed by atoms with Crippen molar-refractivity contribution >= 4 is 17.3 Å². The number of benzene rings is 1. The van der Waals surface area contributed by atoms with E-state index in [0.29, 0.717) is 0 Å². The van der Waals surface area contributed by atoms with Crippen LogP contribution < -0.4 is 0 Å². The molecule has 1 aliphatic heterocycles. The van der Waals surface area contributed by atoms with E-state index < -0.39 is 0 Å². The molecule has 61 valence electrons. The Morgan fingerprint density at radius 1 is 1.25 bits per heavy atom. The molecular formula is C9H7ClNO. The first-order chi connectivity index (χ1) is 5.86. The summed E-state index contributed by atoms with van der Waals surface area (Å²) < 4.78 is 0. The van der Waals surface area contributed by atoms with Crippen LogP contribution >= 0.6 is 11.6 Å². The number of nitrogens with zero attached hydrogens (tertiary/aromatic N) is 1. The van der Waals surface area contributed by atoms with Crippen LogP contribution in [0.4, 0.5) is 0 Å². The van der Waals surface area contributed by atoms with Crippen LogP contribution in [0.1, 0.15) is 12.0 Å². The van der Waals surface area contributed by atoms with Crippen LogP contribution in [0.5, 0.6) is 0 Å². The summed E-state index contributed by atoms with van der Waals surface area (Å²) in [6.07, 6.45) is 0.766. The van der Waals surface area contributed by atoms with E-state index in [0.717, 1.165) is 22.7 Å². The second-order valence-electron chi connectivity index (χ2n) is 2.52. The number of hydrogen-bond acceptors (Lipinski definition) is 2. The molecule has 3 heteroatoms. The zero-order valence-electron chi connectivity index (χ0n) is 6.33. The molecule has 0 aromatic heterocycles. The molecule has 0 unspecified atom stereocenters. The maximum Gasteiger partial charge on any atom is 0.172 e. The lowest BCUT2D eigenvalue weighted by molar-refractivity contribution is 0.234. The minimum absolute atomic E-state index is 0.738. The summed E-state index contributed by atoms with van der Waals surface area (Å²) in [6, 6.07) is 7.56. The minimum Gasteiger partial charge on any atom is -0.388 e.